The topological polar surface area (TPSA) is 9.23 Å². The molecule has 0 heterocycles. The Hall–Kier alpha value is -2.02. The smallest absolute Gasteiger partial charge is 0.128 e. The fourth-order valence-corrected chi connectivity index (χ4v) is 2.10. The summed E-state index contributed by atoms with van der Waals surface area (Å²) in [5.74, 6) is 0.923. The Morgan fingerprint density at radius 2 is 1.74 bits per heavy atom. The highest BCUT2D eigenvalue weighted by Crippen LogP contribution is 2.30. The minimum absolute atomic E-state index is 0.0786. The third-order valence-corrected chi connectivity index (χ3v) is 3.09. The number of ether oxygens (including phenoxy) is 1. The van der Waals surface area contributed by atoms with Crippen molar-refractivity contribution < 1.29 is 4.74 Å². The van der Waals surface area contributed by atoms with Crippen molar-refractivity contribution in [2.24, 2.45) is 0 Å². The second-order valence-corrected chi connectivity index (χ2v) is 4.54. The average Bonchev–Trinajstić information content (AvgIpc) is 2.48. The standard InChI is InChI=1S/C18H20O/c1-3-10-16(4-2)19-18-14-9-8-13-17(18)15-11-6-5-7-12-15/h4-9,11-14,16H,2-3,10H2,1H3. The summed E-state index contributed by atoms with van der Waals surface area (Å²) in [5, 5.41) is 0. The Morgan fingerprint density at radius 3 is 2.42 bits per heavy atom. The molecule has 1 unspecified atom stereocenters. The first-order chi connectivity index (χ1) is 9.35. The van der Waals surface area contributed by atoms with Gasteiger partial charge in [-0.2, -0.15) is 0 Å². The van der Waals surface area contributed by atoms with Crippen LogP contribution in [0, 0.1) is 0 Å². The molecule has 2 aromatic rings. The van der Waals surface area contributed by atoms with E-state index >= 15 is 0 Å². The van der Waals surface area contributed by atoms with Crippen molar-refractivity contribution in [3.05, 3.63) is 67.3 Å². The van der Waals surface area contributed by atoms with Crippen LogP contribution in [0.15, 0.2) is 67.3 Å². The second kappa shape index (κ2) is 6.79. The molecular weight excluding hydrogens is 232 g/mol. The van der Waals surface area contributed by atoms with E-state index in [-0.39, 0.29) is 6.10 Å². The van der Waals surface area contributed by atoms with E-state index in [2.05, 4.69) is 31.7 Å². The highest BCUT2D eigenvalue weighted by atomic mass is 16.5. The van der Waals surface area contributed by atoms with Crippen LogP contribution in [0.25, 0.3) is 11.1 Å². The van der Waals surface area contributed by atoms with E-state index in [4.69, 9.17) is 4.74 Å². The summed E-state index contributed by atoms with van der Waals surface area (Å²) in [6, 6.07) is 18.5. The van der Waals surface area contributed by atoms with Crippen molar-refractivity contribution in [2.45, 2.75) is 25.9 Å². The van der Waals surface area contributed by atoms with Gasteiger partial charge in [-0.05, 0) is 18.1 Å². The van der Waals surface area contributed by atoms with Gasteiger partial charge in [-0.25, -0.2) is 0 Å². The molecule has 1 atom stereocenters. The third kappa shape index (κ3) is 3.47. The molecule has 0 aliphatic heterocycles. The molecule has 0 saturated heterocycles. The lowest BCUT2D eigenvalue weighted by molar-refractivity contribution is 0.239. The van der Waals surface area contributed by atoms with Crippen LogP contribution < -0.4 is 4.74 Å². The van der Waals surface area contributed by atoms with Gasteiger partial charge in [0, 0.05) is 5.56 Å². The first kappa shape index (κ1) is 13.4. The molecule has 0 bridgehead atoms. The number of hydrogen-bond acceptors (Lipinski definition) is 1. The van der Waals surface area contributed by atoms with Crippen LogP contribution >= 0.6 is 0 Å². The van der Waals surface area contributed by atoms with Gasteiger partial charge in [0.1, 0.15) is 11.9 Å². The van der Waals surface area contributed by atoms with E-state index in [1.165, 1.54) is 5.56 Å². The minimum Gasteiger partial charge on any atom is -0.486 e. The normalized spacial score (nSPS) is 11.8. The summed E-state index contributed by atoms with van der Waals surface area (Å²) in [6.45, 7) is 6.01. The number of benzene rings is 2. The molecule has 0 aliphatic rings. The van der Waals surface area contributed by atoms with Crippen molar-refractivity contribution >= 4 is 0 Å². The quantitative estimate of drug-likeness (QED) is 0.651. The van der Waals surface area contributed by atoms with Gasteiger partial charge >= 0.3 is 0 Å². The second-order valence-electron chi connectivity index (χ2n) is 4.54. The molecule has 98 valence electrons. The molecule has 2 aromatic carbocycles. The summed E-state index contributed by atoms with van der Waals surface area (Å²) in [7, 11) is 0. The van der Waals surface area contributed by atoms with E-state index in [0.717, 1.165) is 24.2 Å². The van der Waals surface area contributed by atoms with Crippen molar-refractivity contribution in [3.8, 4) is 16.9 Å². The van der Waals surface area contributed by atoms with Gasteiger partial charge in [0.15, 0.2) is 0 Å². The van der Waals surface area contributed by atoms with Crippen molar-refractivity contribution in [3.63, 3.8) is 0 Å². The summed E-state index contributed by atoms with van der Waals surface area (Å²) in [4.78, 5) is 0. The number of hydrogen-bond donors (Lipinski definition) is 0. The zero-order valence-electron chi connectivity index (χ0n) is 11.4. The highest BCUT2D eigenvalue weighted by Gasteiger charge is 2.09. The Labute approximate surface area is 115 Å². The van der Waals surface area contributed by atoms with E-state index in [0.29, 0.717) is 0 Å². The first-order valence-corrected chi connectivity index (χ1v) is 6.78. The molecular formula is C18H20O. The summed E-state index contributed by atoms with van der Waals surface area (Å²) < 4.78 is 6.07. The predicted octanol–water partition coefficient (Wildman–Crippen LogP) is 5.09. The van der Waals surface area contributed by atoms with Crippen LogP contribution in [0.5, 0.6) is 5.75 Å². The van der Waals surface area contributed by atoms with Crippen LogP contribution in [0.4, 0.5) is 0 Å². The van der Waals surface area contributed by atoms with Crippen LogP contribution in [0.1, 0.15) is 19.8 Å². The van der Waals surface area contributed by atoms with Gasteiger partial charge in [0.2, 0.25) is 0 Å². The molecule has 0 spiro atoms. The molecule has 0 radical (unpaired) electrons. The first-order valence-electron chi connectivity index (χ1n) is 6.78. The molecule has 0 amide bonds. The van der Waals surface area contributed by atoms with Crippen LogP contribution in [0.2, 0.25) is 0 Å². The lowest BCUT2D eigenvalue weighted by Crippen LogP contribution is -2.13. The van der Waals surface area contributed by atoms with E-state index in [1.807, 2.05) is 42.5 Å². The molecule has 0 aliphatic carbocycles. The van der Waals surface area contributed by atoms with Gasteiger partial charge < -0.3 is 4.74 Å². The number of para-hydroxylation sites is 1. The highest BCUT2D eigenvalue weighted by molar-refractivity contribution is 5.70. The molecule has 0 aromatic heterocycles. The average molecular weight is 252 g/mol. The Morgan fingerprint density at radius 1 is 1.05 bits per heavy atom. The maximum atomic E-state index is 6.07. The van der Waals surface area contributed by atoms with Crippen LogP contribution in [-0.4, -0.2) is 6.10 Å². The Bertz CT molecular complexity index is 516. The minimum atomic E-state index is 0.0786. The summed E-state index contributed by atoms with van der Waals surface area (Å²) in [6.07, 6.45) is 4.04. The SMILES string of the molecule is C=CC(CCC)Oc1ccccc1-c1ccccc1. The van der Waals surface area contributed by atoms with Gasteiger partial charge in [-0.1, -0.05) is 74.5 Å². The molecule has 1 heteroatoms. The maximum Gasteiger partial charge on any atom is 0.128 e. The monoisotopic (exact) mass is 252 g/mol. The molecule has 1 nitrogen and oxygen atoms in total. The van der Waals surface area contributed by atoms with Crippen molar-refractivity contribution in [1.29, 1.82) is 0 Å². The van der Waals surface area contributed by atoms with Gasteiger partial charge in [0.25, 0.3) is 0 Å². The summed E-state index contributed by atoms with van der Waals surface area (Å²) >= 11 is 0. The molecule has 19 heavy (non-hydrogen) atoms. The van der Waals surface area contributed by atoms with Crippen molar-refractivity contribution in [1.82, 2.24) is 0 Å². The fourth-order valence-electron chi connectivity index (χ4n) is 2.10. The zero-order chi connectivity index (χ0) is 13.5. The maximum absolute atomic E-state index is 6.07. The Kier molecular flexibility index (Phi) is 4.79. The lowest BCUT2D eigenvalue weighted by Gasteiger charge is -2.17. The molecule has 0 N–H and O–H groups in total. The van der Waals surface area contributed by atoms with Crippen molar-refractivity contribution in [2.75, 3.05) is 0 Å². The van der Waals surface area contributed by atoms with Crippen LogP contribution in [0.3, 0.4) is 0 Å². The van der Waals surface area contributed by atoms with Gasteiger partial charge in [-0.15, -0.1) is 0 Å². The zero-order valence-corrected chi connectivity index (χ0v) is 11.4. The third-order valence-electron chi connectivity index (χ3n) is 3.09. The lowest BCUT2D eigenvalue weighted by atomic mass is 10.0. The van der Waals surface area contributed by atoms with Crippen LogP contribution in [-0.2, 0) is 0 Å². The van der Waals surface area contributed by atoms with E-state index < -0.39 is 0 Å². The largest absolute Gasteiger partial charge is 0.486 e. The fraction of sp³-hybridized carbons (Fsp3) is 0.222. The molecule has 0 saturated carbocycles. The summed E-state index contributed by atoms with van der Waals surface area (Å²) in [5.41, 5.74) is 2.31. The van der Waals surface area contributed by atoms with Gasteiger partial charge in [0.05, 0.1) is 0 Å². The number of rotatable bonds is 6. The van der Waals surface area contributed by atoms with E-state index in [9.17, 15) is 0 Å². The van der Waals surface area contributed by atoms with Gasteiger partial charge in [-0.3, -0.25) is 0 Å². The molecule has 0 fully saturated rings. The van der Waals surface area contributed by atoms with E-state index in [1.54, 1.807) is 0 Å². The Balaban J connectivity index is 2.29. The predicted molar refractivity (Wildman–Crippen MR) is 81.4 cm³/mol. The molecule has 2 rings (SSSR count).